The maximum Gasteiger partial charge on any atom is 0.190 e. The van der Waals surface area contributed by atoms with Crippen molar-refractivity contribution in [1.82, 2.24) is 0 Å². The highest BCUT2D eigenvalue weighted by Gasteiger charge is 2.28. The summed E-state index contributed by atoms with van der Waals surface area (Å²) >= 11 is 0. The van der Waals surface area contributed by atoms with Crippen LogP contribution in [0.2, 0.25) is 0 Å². The van der Waals surface area contributed by atoms with Crippen LogP contribution in [-0.2, 0) is 0 Å². The lowest BCUT2D eigenvalue weighted by Gasteiger charge is -2.18. The number of carbonyl (C=O) groups is 2. The predicted octanol–water partition coefficient (Wildman–Crippen LogP) is 8.92. The summed E-state index contributed by atoms with van der Waals surface area (Å²) in [6.45, 7) is 1.95. The van der Waals surface area contributed by atoms with Crippen molar-refractivity contribution in [3.05, 3.63) is 93.0 Å². The van der Waals surface area contributed by atoms with Crippen LogP contribution < -0.4 is 0 Å². The molecule has 0 heterocycles. The first-order chi connectivity index (χ1) is 20.5. The van der Waals surface area contributed by atoms with E-state index in [0.29, 0.717) is 12.0 Å². The lowest BCUT2D eigenvalue weighted by molar-refractivity contribution is 0.0973. The van der Waals surface area contributed by atoms with Crippen molar-refractivity contribution in [3.8, 4) is 0 Å². The predicted molar refractivity (Wildman–Crippen MR) is 141 cm³/mol. The molecule has 1 aromatic carbocycles. The first kappa shape index (κ1) is 13.8. The molecule has 0 bridgehead atoms. The van der Waals surface area contributed by atoms with E-state index in [1.165, 1.54) is 18.6 Å². The maximum absolute atomic E-state index is 13.5. The van der Waals surface area contributed by atoms with Crippen LogP contribution in [0.1, 0.15) is 123 Å². The topological polar surface area (TPSA) is 34.1 Å². The van der Waals surface area contributed by atoms with Gasteiger partial charge >= 0.3 is 0 Å². The fourth-order valence-electron chi connectivity index (χ4n) is 3.29. The van der Waals surface area contributed by atoms with Gasteiger partial charge in [-0.1, -0.05) is 70.8 Å². The SMILES string of the molecule is [2H]c1c([2H])c([2H])c2c(c1[2H])C(=O)C(C/C=C(/C)CC([2H])([2H])/C=C(\CC/C=C(\C)CCC=C(C)C)C([2H])([2H])[2H])=C(C([2H])([2H])[2H])C2=O. The number of ketones is 2. The van der Waals surface area contributed by atoms with Gasteiger partial charge in [-0.3, -0.25) is 9.59 Å². The molecule has 0 saturated heterocycles. The van der Waals surface area contributed by atoms with E-state index in [4.69, 9.17) is 16.4 Å². The van der Waals surface area contributed by atoms with Crippen LogP contribution >= 0.6 is 0 Å². The molecule has 33 heavy (non-hydrogen) atoms. The molecule has 0 aromatic heterocycles. The first-order valence-corrected chi connectivity index (χ1v) is 11.1. The van der Waals surface area contributed by atoms with Gasteiger partial charge in [-0.2, -0.15) is 0 Å². The number of hydrogen-bond acceptors (Lipinski definition) is 2. The number of Topliss-reactive ketones (excluding diaryl/α,β-unsaturated/α-hetero) is 2. The van der Waals surface area contributed by atoms with Crippen molar-refractivity contribution in [2.24, 2.45) is 0 Å². The number of carbonyl (C=O) groups excluding carboxylic acids is 2. The van der Waals surface area contributed by atoms with Crippen molar-refractivity contribution in [3.63, 3.8) is 0 Å². The Bertz CT molecular complexity index is 1500. The molecule has 2 nitrogen and oxygen atoms in total. The largest absolute Gasteiger partial charge is 0.289 e. The van der Waals surface area contributed by atoms with Gasteiger partial charge in [-0.15, -0.1) is 0 Å². The van der Waals surface area contributed by atoms with Gasteiger partial charge in [-0.25, -0.2) is 0 Å². The Labute approximate surface area is 217 Å². The highest BCUT2D eigenvalue weighted by atomic mass is 16.1. The Hall–Kier alpha value is -2.74. The Morgan fingerprint density at radius 1 is 0.848 bits per heavy atom. The minimum Gasteiger partial charge on any atom is -0.289 e. The average molecular weight is 457 g/mol. The summed E-state index contributed by atoms with van der Waals surface area (Å²) in [5.74, 6) is -2.19. The molecule has 2 rings (SSSR count). The zero-order valence-corrected chi connectivity index (χ0v) is 19.9. The van der Waals surface area contributed by atoms with E-state index in [1.54, 1.807) is 0 Å². The van der Waals surface area contributed by atoms with Crippen LogP contribution in [-0.4, -0.2) is 11.6 Å². The van der Waals surface area contributed by atoms with E-state index in [2.05, 4.69) is 6.08 Å². The number of fused-ring (bicyclic) bond motifs is 1. The van der Waals surface area contributed by atoms with Crippen molar-refractivity contribution in [2.45, 2.75) is 86.3 Å². The summed E-state index contributed by atoms with van der Waals surface area (Å²) < 4.78 is 96.5. The summed E-state index contributed by atoms with van der Waals surface area (Å²) in [4.78, 5) is 26.7. The molecule has 0 unspecified atom stereocenters. The Balaban J connectivity index is 2.37. The van der Waals surface area contributed by atoms with E-state index < -0.39 is 84.5 Å². The molecule has 2 heteroatoms. The Morgan fingerprint density at radius 2 is 1.48 bits per heavy atom. The van der Waals surface area contributed by atoms with Crippen molar-refractivity contribution >= 4 is 11.6 Å². The minimum atomic E-state index is -3.07. The summed E-state index contributed by atoms with van der Waals surface area (Å²) in [6.07, 6.45) is 6.04. The van der Waals surface area contributed by atoms with Crippen LogP contribution in [0.4, 0.5) is 0 Å². The van der Waals surface area contributed by atoms with Gasteiger partial charge < -0.3 is 0 Å². The van der Waals surface area contributed by atoms with Crippen LogP contribution in [0.3, 0.4) is 0 Å². The molecule has 0 fully saturated rings. The van der Waals surface area contributed by atoms with Gasteiger partial charge in [0.05, 0.1) is 5.48 Å². The summed E-state index contributed by atoms with van der Waals surface area (Å²) in [7, 11) is 0. The molecular formula is C31H40O2. The second-order valence-corrected chi connectivity index (χ2v) is 8.48. The number of allylic oxidation sites excluding steroid dienone is 10. The molecule has 0 N–H and O–H groups in total. The van der Waals surface area contributed by atoms with E-state index in [1.807, 2.05) is 26.8 Å². The summed E-state index contributed by atoms with van der Waals surface area (Å²) in [5.41, 5.74) is 0.0820. The van der Waals surface area contributed by atoms with Crippen molar-refractivity contribution in [2.75, 3.05) is 0 Å². The molecule has 0 spiro atoms. The van der Waals surface area contributed by atoms with Gasteiger partial charge in [0.2, 0.25) is 0 Å². The number of benzene rings is 1. The monoisotopic (exact) mass is 456 g/mol. The molecule has 0 saturated carbocycles. The third kappa shape index (κ3) is 8.28. The van der Waals surface area contributed by atoms with Crippen molar-refractivity contribution < 1.29 is 26.0 Å². The lowest BCUT2D eigenvalue weighted by Crippen LogP contribution is -2.20. The zero-order chi connectivity index (χ0) is 34.7. The second kappa shape index (κ2) is 13.1. The third-order valence-corrected chi connectivity index (χ3v) is 5.25. The van der Waals surface area contributed by atoms with E-state index in [9.17, 15) is 9.59 Å². The standard InChI is InChI=1S/C31H40O2/c1-22(2)12-9-13-23(3)14-10-15-24(4)16-11-17-25(5)20-21-27-26(6)30(32)28-18-7-8-19-29(28)31(27)33/h7-8,12,14,16,18-20H,9-11,13,15,17,21H2,1-6H3/b23-14+,24-16-,25-20-/i4D3,6D3,7D,8D,11D2,18D,19D. The highest BCUT2D eigenvalue weighted by molar-refractivity contribution is 6.26. The van der Waals surface area contributed by atoms with E-state index in [0.717, 1.165) is 24.5 Å². The third-order valence-electron chi connectivity index (χ3n) is 5.25. The van der Waals surface area contributed by atoms with Gasteiger partial charge in [0.25, 0.3) is 0 Å². The fraction of sp³-hybridized carbons (Fsp3) is 0.419. The normalized spacial score (nSPS) is 21.6. The molecule has 0 radical (unpaired) electrons. The molecule has 1 aliphatic carbocycles. The van der Waals surface area contributed by atoms with Crippen molar-refractivity contribution in [1.29, 1.82) is 0 Å². The lowest BCUT2D eigenvalue weighted by atomic mass is 9.83. The number of rotatable bonds is 11. The van der Waals surface area contributed by atoms with Gasteiger partial charge in [0.15, 0.2) is 11.6 Å². The quantitative estimate of drug-likeness (QED) is 0.311. The number of hydrogen-bond donors (Lipinski definition) is 0. The van der Waals surface area contributed by atoms with Crippen LogP contribution in [0.15, 0.2) is 81.9 Å². The Morgan fingerprint density at radius 3 is 2.15 bits per heavy atom. The van der Waals surface area contributed by atoms with Gasteiger partial charge in [0, 0.05) is 33.2 Å². The van der Waals surface area contributed by atoms with Crippen LogP contribution in [0.5, 0.6) is 0 Å². The first-order valence-electron chi connectivity index (χ1n) is 17.1. The zero-order valence-electron chi connectivity index (χ0n) is 31.9. The van der Waals surface area contributed by atoms with Gasteiger partial charge in [-0.05, 0) is 86.3 Å². The van der Waals surface area contributed by atoms with Crippen LogP contribution in [0.25, 0.3) is 0 Å². The van der Waals surface area contributed by atoms with Gasteiger partial charge in [0.1, 0.15) is 0 Å². The van der Waals surface area contributed by atoms with E-state index >= 15 is 0 Å². The maximum atomic E-state index is 13.5. The van der Waals surface area contributed by atoms with E-state index in [-0.39, 0.29) is 18.4 Å². The molecule has 176 valence electrons. The smallest absolute Gasteiger partial charge is 0.190 e. The summed E-state index contributed by atoms with van der Waals surface area (Å²) in [5, 5.41) is 0. The molecule has 1 aliphatic rings. The molecule has 1 aromatic rings. The van der Waals surface area contributed by atoms with Crippen LogP contribution in [0, 0.1) is 0 Å². The second-order valence-electron chi connectivity index (χ2n) is 8.48. The summed E-state index contributed by atoms with van der Waals surface area (Å²) in [6, 6.07) is -3.04. The average Bonchev–Trinajstić information content (AvgIpc) is 2.88. The fourth-order valence-corrected chi connectivity index (χ4v) is 3.29. The highest BCUT2D eigenvalue weighted by Crippen LogP contribution is 2.28. The minimum absolute atomic E-state index is 0.0279. The molecule has 0 aliphatic heterocycles. The molecule has 0 amide bonds. The molecular weight excluding hydrogens is 404 g/mol. The molecule has 0 atom stereocenters. The Kier molecular flexibility index (Phi) is 5.49.